The van der Waals surface area contributed by atoms with Crippen LogP contribution < -0.4 is 19.1 Å². The summed E-state index contributed by atoms with van der Waals surface area (Å²) in [5.74, 6) is 0.573. The molecule has 0 saturated heterocycles. The van der Waals surface area contributed by atoms with Gasteiger partial charge in [0.05, 0.1) is 25.1 Å². The molecule has 0 radical (unpaired) electrons. The van der Waals surface area contributed by atoms with E-state index in [1.165, 1.54) is 4.31 Å². The molecule has 1 aliphatic heterocycles. The summed E-state index contributed by atoms with van der Waals surface area (Å²) in [6.07, 6.45) is 0.148. The van der Waals surface area contributed by atoms with Gasteiger partial charge in [0.15, 0.2) is 6.10 Å². The van der Waals surface area contributed by atoms with Gasteiger partial charge in [-0.3, -0.25) is 9.10 Å². The quantitative estimate of drug-likeness (QED) is 0.781. The molecule has 0 spiro atoms. The normalized spacial score (nSPS) is 16.4. The van der Waals surface area contributed by atoms with Crippen LogP contribution in [0, 0.1) is 0 Å². The number of nitrogens with zero attached hydrogens (tertiary/aromatic N) is 1. The lowest BCUT2D eigenvalue weighted by Gasteiger charge is -2.35. The van der Waals surface area contributed by atoms with Crippen molar-refractivity contribution in [3.63, 3.8) is 0 Å². The Morgan fingerprint density at radius 1 is 1.23 bits per heavy atom. The first-order chi connectivity index (χ1) is 14.0. The molecule has 0 aromatic heterocycles. The number of rotatable bonds is 5. The molecule has 1 aliphatic rings. The van der Waals surface area contributed by atoms with Gasteiger partial charge in [0, 0.05) is 11.8 Å². The molecule has 162 valence electrons. The van der Waals surface area contributed by atoms with E-state index in [9.17, 15) is 13.2 Å². The van der Waals surface area contributed by atoms with Crippen LogP contribution in [-0.2, 0) is 20.2 Å². The van der Waals surface area contributed by atoms with Crippen molar-refractivity contribution in [2.45, 2.75) is 39.2 Å². The van der Waals surface area contributed by atoms with Crippen LogP contribution in [0.15, 0.2) is 42.5 Å². The molecule has 1 N–H and O–H groups in total. The fourth-order valence-electron chi connectivity index (χ4n) is 3.22. The lowest BCUT2D eigenvalue weighted by molar-refractivity contribution is -0.122. The maximum atomic E-state index is 12.8. The van der Waals surface area contributed by atoms with E-state index in [-0.39, 0.29) is 12.0 Å². The molecule has 2 aromatic rings. The highest BCUT2D eigenvalue weighted by Gasteiger charge is 2.36. The Morgan fingerprint density at radius 3 is 2.60 bits per heavy atom. The van der Waals surface area contributed by atoms with E-state index in [1.54, 1.807) is 30.3 Å². The zero-order valence-electron chi connectivity index (χ0n) is 17.9. The number of benzene rings is 2. The summed E-state index contributed by atoms with van der Waals surface area (Å²) in [5.41, 5.74) is 1.83. The van der Waals surface area contributed by atoms with Gasteiger partial charge in [0.2, 0.25) is 10.0 Å². The monoisotopic (exact) mass is 432 g/mol. The molecule has 1 heterocycles. The Kier molecular flexibility index (Phi) is 5.99. The van der Waals surface area contributed by atoms with E-state index >= 15 is 0 Å². The van der Waals surface area contributed by atoms with E-state index in [2.05, 4.69) is 26.1 Å². The van der Waals surface area contributed by atoms with Gasteiger partial charge in [0.25, 0.3) is 5.91 Å². The third-order valence-corrected chi connectivity index (χ3v) is 5.95. The van der Waals surface area contributed by atoms with E-state index in [1.807, 2.05) is 19.1 Å². The molecule has 1 amide bonds. The first kappa shape index (κ1) is 22.0. The maximum Gasteiger partial charge on any atom is 0.267 e. The highest BCUT2D eigenvalue weighted by Crippen LogP contribution is 2.38. The summed E-state index contributed by atoms with van der Waals surface area (Å²) in [6.45, 7) is 8.45. The number of carbonyl (C=O) groups is 1. The number of ether oxygens (including phenoxy) is 2. The SMILES string of the molecule is CCOc1cccc(NC(=O)[C@@H]2CN(S(C)(=O)=O)c3cc(C(C)(C)C)ccc3O2)c1. The summed E-state index contributed by atoms with van der Waals surface area (Å²) in [5, 5.41) is 2.78. The number of hydrogen-bond donors (Lipinski definition) is 1. The zero-order chi connectivity index (χ0) is 22.1. The minimum Gasteiger partial charge on any atom is -0.494 e. The van der Waals surface area contributed by atoms with Crippen molar-refractivity contribution in [2.24, 2.45) is 0 Å². The third-order valence-electron chi connectivity index (χ3n) is 4.80. The van der Waals surface area contributed by atoms with Crippen molar-refractivity contribution < 1.29 is 22.7 Å². The predicted octanol–water partition coefficient (Wildman–Crippen LogP) is 3.55. The maximum absolute atomic E-state index is 12.8. The van der Waals surface area contributed by atoms with E-state index in [0.29, 0.717) is 29.5 Å². The molecule has 7 nitrogen and oxygen atoms in total. The van der Waals surface area contributed by atoms with Crippen molar-refractivity contribution in [3.05, 3.63) is 48.0 Å². The van der Waals surface area contributed by atoms with Crippen LogP contribution >= 0.6 is 0 Å². The zero-order valence-corrected chi connectivity index (χ0v) is 18.7. The molecule has 0 fully saturated rings. The number of nitrogens with one attached hydrogen (secondary N) is 1. The summed E-state index contributed by atoms with van der Waals surface area (Å²) >= 11 is 0. The van der Waals surface area contributed by atoms with Crippen LogP contribution in [0.25, 0.3) is 0 Å². The largest absolute Gasteiger partial charge is 0.494 e. The predicted molar refractivity (Wildman–Crippen MR) is 118 cm³/mol. The molecular weight excluding hydrogens is 404 g/mol. The Bertz CT molecular complexity index is 1040. The van der Waals surface area contributed by atoms with E-state index in [0.717, 1.165) is 11.8 Å². The van der Waals surface area contributed by atoms with Gasteiger partial charge in [0.1, 0.15) is 11.5 Å². The number of carbonyl (C=O) groups excluding carboxylic acids is 1. The highest BCUT2D eigenvalue weighted by atomic mass is 32.2. The average Bonchev–Trinajstić information content (AvgIpc) is 2.65. The molecule has 8 heteroatoms. The van der Waals surface area contributed by atoms with Crippen LogP contribution in [0.5, 0.6) is 11.5 Å². The van der Waals surface area contributed by atoms with Gasteiger partial charge in [-0.05, 0) is 42.2 Å². The van der Waals surface area contributed by atoms with Crippen molar-refractivity contribution in [1.82, 2.24) is 0 Å². The van der Waals surface area contributed by atoms with Crippen molar-refractivity contribution in [2.75, 3.05) is 29.0 Å². The summed E-state index contributed by atoms with van der Waals surface area (Å²) in [4.78, 5) is 12.8. The standard InChI is InChI=1S/C22H28N2O5S/c1-6-28-17-9-7-8-16(13-17)23-21(25)20-14-24(30(5,26)27)18-12-15(22(2,3)4)10-11-19(18)29-20/h7-13,20H,6,14H2,1-5H3,(H,23,25)/t20-/m0/s1. The van der Waals surface area contributed by atoms with E-state index < -0.39 is 22.0 Å². The molecule has 3 rings (SSSR count). The first-order valence-corrected chi connectivity index (χ1v) is 11.7. The van der Waals surface area contributed by atoms with Gasteiger partial charge < -0.3 is 14.8 Å². The average molecular weight is 433 g/mol. The molecule has 0 aliphatic carbocycles. The number of fused-ring (bicyclic) bond motifs is 1. The number of hydrogen-bond acceptors (Lipinski definition) is 5. The second kappa shape index (κ2) is 8.18. The number of sulfonamides is 1. The fourth-order valence-corrected chi connectivity index (χ4v) is 4.13. The number of anilines is 2. The van der Waals surface area contributed by atoms with Crippen molar-refractivity contribution in [3.8, 4) is 11.5 Å². The molecule has 0 unspecified atom stereocenters. The highest BCUT2D eigenvalue weighted by molar-refractivity contribution is 7.92. The smallest absolute Gasteiger partial charge is 0.267 e. The lowest BCUT2D eigenvalue weighted by Crippen LogP contribution is -2.48. The van der Waals surface area contributed by atoms with Gasteiger partial charge >= 0.3 is 0 Å². The topological polar surface area (TPSA) is 84.9 Å². The lowest BCUT2D eigenvalue weighted by atomic mass is 9.86. The molecule has 0 bridgehead atoms. The van der Waals surface area contributed by atoms with Gasteiger partial charge in [-0.15, -0.1) is 0 Å². The second-order valence-corrected chi connectivity index (χ2v) is 10.2. The van der Waals surface area contributed by atoms with Crippen LogP contribution in [-0.4, -0.2) is 39.8 Å². The minimum atomic E-state index is -3.60. The fraction of sp³-hybridized carbons (Fsp3) is 0.409. The second-order valence-electron chi connectivity index (χ2n) is 8.28. The molecular formula is C22H28N2O5S. The van der Waals surface area contributed by atoms with Crippen LogP contribution in [0.3, 0.4) is 0 Å². The third kappa shape index (κ3) is 4.87. The van der Waals surface area contributed by atoms with Crippen molar-refractivity contribution in [1.29, 1.82) is 0 Å². The molecule has 30 heavy (non-hydrogen) atoms. The molecule has 0 saturated carbocycles. The Balaban J connectivity index is 1.88. The Hall–Kier alpha value is -2.74. The van der Waals surface area contributed by atoms with Gasteiger partial charge in [-0.2, -0.15) is 0 Å². The summed E-state index contributed by atoms with van der Waals surface area (Å²) < 4.78 is 37.5. The Morgan fingerprint density at radius 2 is 1.97 bits per heavy atom. The molecule has 1 atom stereocenters. The first-order valence-electron chi connectivity index (χ1n) is 9.81. The number of amides is 1. The summed E-state index contributed by atoms with van der Waals surface area (Å²) in [6, 6.07) is 12.5. The van der Waals surface area contributed by atoms with Crippen LogP contribution in [0.2, 0.25) is 0 Å². The molecule has 2 aromatic carbocycles. The van der Waals surface area contributed by atoms with Gasteiger partial charge in [-0.25, -0.2) is 8.42 Å². The summed E-state index contributed by atoms with van der Waals surface area (Å²) in [7, 11) is -3.60. The van der Waals surface area contributed by atoms with Gasteiger partial charge in [-0.1, -0.05) is 32.9 Å². The van der Waals surface area contributed by atoms with Crippen molar-refractivity contribution >= 4 is 27.3 Å². The minimum absolute atomic E-state index is 0.101. The van der Waals surface area contributed by atoms with E-state index in [4.69, 9.17) is 9.47 Å². The van der Waals surface area contributed by atoms with Crippen LogP contribution in [0.4, 0.5) is 11.4 Å². The van der Waals surface area contributed by atoms with Crippen LogP contribution in [0.1, 0.15) is 33.3 Å². The Labute approximate surface area is 178 Å².